The molecule has 0 aromatic rings. The van der Waals surface area contributed by atoms with Crippen molar-refractivity contribution in [2.24, 2.45) is 5.73 Å². The Kier molecular flexibility index (Phi) is 4.45. The number of nitrogens with two attached hydrogens (primary N) is 1. The second-order valence-electron chi connectivity index (χ2n) is 2.09. The third-order valence-electron chi connectivity index (χ3n) is 0.967. The molecule has 1 unspecified atom stereocenters. The maximum absolute atomic E-state index is 10.8. The number of carbonyl (C=O) groups is 2. The van der Waals surface area contributed by atoms with Crippen molar-refractivity contribution in [2.45, 2.75) is 6.04 Å². The van der Waals surface area contributed by atoms with E-state index in [1.165, 1.54) is 0 Å². The molecule has 0 aliphatic heterocycles. The molecule has 0 saturated carbocycles. The van der Waals surface area contributed by atoms with Crippen LogP contribution in [-0.2, 0) is 20.4 Å². The molecule has 0 radical (unpaired) electrons. The standard InChI is InChI=1S/C5H9NO5S/c6-3(5(9)10)1-12(11)2-4(7)8/h3H,1-2,6H2,(H,7,8)(H,9,10)/t3-,12?/m0/s1/i2+1. The Balaban J connectivity index is 3.85. The van der Waals surface area contributed by atoms with E-state index in [0.717, 1.165) is 0 Å². The van der Waals surface area contributed by atoms with Gasteiger partial charge in [-0.1, -0.05) is 0 Å². The molecule has 70 valence electrons. The van der Waals surface area contributed by atoms with Crippen LogP contribution in [-0.4, -0.2) is 43.9 Å². The zero-order valence-corrected chi connectivity index (χ0v) is 6.91. The molecule has 7 heteroatoms. The number of aliphatic carboxylic acids is 2. The minimum atomic E-state index is -1.71. The third kappa shape index (κ3) is 4.80. The lowest BCUT2D eigenvalue weighted by molar-refractivity contribution is -0.138. The lowest BCUT2D eigenvalue weighted by Crippen LogP contribution is -2.36. The Morgan fingerprint density at radius 3 is 2.25 bits per heavy atom. The molecule has 6 nitrogen and oxygen atoms in total. The van der Waals surface area contributed by atoms with Crippen LogP contribution < -0.4 is 5.73 Å². The summed E-state index contributed by atoms with van der Waals surface area (Å²) < 4.78 is 10.8. The largest absolute Gasteiger partial charge is 0.481 e. The van der Waals surface area contributed by atoms with E-state index in [0.29, 0.717) is 0 Å². The molecule has 0 aliphatic carbocycles. The Morgan fingerprint density at radius 2 is 1.92 bits per heavy atom. The van der Waals surface area contributed by atoms with E-state index in [-0.39, 0.29) is 5.75 Å². The Hall–Kier alpha value is -0.950. The van der Waals surface area contributed by atoms with Crippen molar-refractivity contribution in [3.63, 3.8) is 0 Å². The minimum Gasteiger partial charge on any atom is -0.481 e. The zero-order chi connectivity index (χ0) is 9.72. The van der Waals surface area contributed by atoms with Crippen LogP contribution in [0, 0.1) is 0 Å². The van der Waals surface area contributed by atoms with Crippen molar-refractivity contribution >= 4 is 22.7 Å². The molecule has 4 N–H and O–H groups in total. The normalized spacial score (nSPS) is 15.1. The summed E-state index contributed by atoms with van der Waals surface area (Å²) in [4.78, 5) is 20.1. The van der Waals surface area contributed by atoms with Crippen LogP contribution in [0.2, 0.25) is 0 Å². The van der Waals surface area contributed by atoms with Gasteiger partial charge in [0.05, 0.1) is 5.75 Å². The van der Waals surface area contributed by atoms with Crippen molar-refractivity contribution in [1.82, 2.24) is 0 Å². The Bertz CT molecular complexity index is 216. The summed E-state index contributed by atoms with van der Waals surface area (Å²) >= 11 is 0. The van der Waals surface area contributed by atoms with Crippen molar-refractivity contribution in [3.05, 3.63) is 0 Å². The first kappa shape index (κ1) is 11.1. The summed E-state index contributed by atoms with van der Waals surface area (Å²) in [5.74, 6) is -3.41. The SMILES string of the molecule is N[C@@H](CS(=O)[13CH2]C(=O)O)C(=O)O. The highest BCUT2D eigenvalue weighted by molar-refractivity contribution is 7.85. The van der Waals surface area contributed by atoms with Crippen molar-refractivity contribution in [1.29, 1.82) is 0 Å². The molecule has 0 fully saturated rings. The van der Waals surface area contributed by atoms with E-state index in [2.05, 4.69) is 0 Å². The fourth-order valence-electron chi connectivity index (χ4n) is 0.468. The van der Waals surface area contributed by atoms with Crippen LogP contribution in [0.15, 0.2) is 0 Å². The van der Waals surface area contributed by atoms with E-state index in [1.54, 1.807) is 0 Å². The summed E-state index contributed by atoms with van der Waals surface area (Å²) in [7, 11) is -1.71. The van der Waals surface area contributed by atoms with Crippen LogP contribution in [0.25, 0.3) is 0 Å². The van der Waals surface area contributed by atoms with Gasteiger partial charge in [0.2, 0.25) is 0 Å². The molecule has 12 heavy (non-hydrogen) atoms. The molecule has 0 aromatic heterocycles. The van der Waals surface area contributed by atoms with Gasteiger partial charge in [0.1, 0.15) is 11.8 Å². The quantitative estimate of drug-likeness (QED) is 0.448. The molecular weight excluding hydrogens is 187 g/mol. The van der Waals surface area contributed by atoms with Gasteiger partial charge in [-0.05, 0) is 0 Å². The van der Waals surface area contributed by atoms with Gasteiger partial charge < -0.3 is 15.9 Å². The Labute approximate surface area is 70.8 Å². The number of rotatable bonds is 5. The molecule has 0 spiro atoms. The molecule has 0 bridgehead atoms. The van der Waals surface area contributed by atoms with Gasteiger partial charge in [0.15, 0.2) is 0 Å². The van der Waals surface area contributed by atoms with E-state index in [4.69, 9.17) is 15.9 Å². The monoisotopic (exact) mass is 196 g/mol. The molecule has 0 heterocycles. The summed E-state index contributed by atoms with van der Waals surface area (Å²) in [6, 6.07) is -1.26. The van der Waals surface area contributed by atoms with Crippen molar-refractivity contribution in [2.75, 3.05) is 11.5 Å². The zero-order valence-electron chi connectivity index (χ0n) is 6.10. The fraction of sp³-hybridized carbons (Fsp3) is 0.600. The highest BCUT2D eigenvalue weighted by Gasteiger charge is 2.16. The van der Waals surface area contributed by atoms with Gasteiger partial charge in [-0.15, -0.1) is 0 Å². The van der Waals surface area contributed by atoms with Crippen LogP contribution >= 0.6 is 0 Å². The van der Waals surface area contributed by atoms with Crippen LogP contribution in [0.3, 0.4) is 0 Å². The van der Waals surface area contributed by atoms with Crippen molar-refractivity contribution in [3.8, 4) is 0 Å². The first-order valence-electron chi connectivity index (χ1n) is 2.98. The van der Waals surface area contributed by atoms with Gasteiger partial charge >= 0.3 is 11.9 Å². The number of carboxylic acids is 2. The van der Waals surface area contributed by atoms with Crippen LogP contribution in [0.4, 0.5) is 0 Å². The first-order valence-corrected chi connectivity index (χ1v) is 4.47. The van der Waals surface area contributed by atoms with Crippen LogP contribution in [0.5, 0.6) is 0 Å². The van der Waals surface area contributed by atoms with Gasteiger partial charge in [-0.25, -0.2) is 0 Å². The summed E-state index contributed by atoms with van der Waals surface area (Å²) in [6.07, 6.45) is 0. The van der Waals surface area contributed by atoms with Gasteiger partial charge in [0.25, 0.3) is 0 Å². The molecule has 0 aromatic carbocycles. The highest BCUT2D eigenvalue weighted by atomic mass is 32.2. The van der Waals surface area contributed by atoms with E-state index in [9.17, 15) is 13.8 Å². The fourth-order valence-corrected chi connectivity index (χ4v) is 1.40. The van der Waals surface area contributed by atoms with Crippen molar-refractivity contribution < 1.29 is 24.0 Å². The van der Waals surface area contributed by atoms with E-state index >= 15 is 0 Å². The maximum atomic E-state index is 10.8. The molecule has 0 amide bonds. The summed E-state index contributed by atoms with van der Waals surface area (Å²) in [5, 5.41) is 16.4. The molecule has 0 saturated heterocycles. The smallest absolute Gasteiger partial charge is 0.321 e. The molecule has 0 rings (SSSR count). The van der Waals surface area contributed by atoms with Gasteiger partial charge in [0, 0.05) is 10.8 Å². The predicted molar refractivity (Wildman–Crippen MR) is 41.1 cm³/mol. The summed E-state index contributed by atoms with van der Waals surface area (Å²) in [5.41, 5.74) is 5.01. The Morgan fingerprint density at radius 1 is 1.42 bits per heavy atom. The van der Waals surface area contributed by atoms with E-state index < -0.39 is 34.5 Å². The average Bonchev–Trinajstić information content (AvgIpc) is 1.84. The lowest BCUT2D eigenvalue weighted by atomic mass is 10.4. The van der Waals surface area contributed by atoms with Crippen LogP contribution in [0.1, 0.15) is 0 Å². The maximum Gasteiger partial charge on any atom is 0.321 e. The number of carboxylic acid groups (broad SMARTS) is 2. The van der Waals surface area contributed by atoms with E-state index in [1.807, 2.05) is 0 Å². The van der Waals surface area contributed by atoms with Gasteiger partial charge in [-0.3, -0.25) is 13.8 Å². The minimum absolute atomic E-state index is 0.332. The second-order valence-corrected chi connectivity index (χ2v) is 3.59. The highest BCUT2D eigenvalue weighted by Crippen LogP contribution is 1.87. The third-order valence-corrected chi connectivity index (χ3v) is 2.27. The molecule has 0 aliphatic rings. The number of hydrogen-bond donors (Lipinski definition) is 3. The first-order chi connectivity index (χ1) is 5.43. The number of hydrogen-bond acceptors (Lipinski definition) is 4. The second kappa shape index (κ2) is 4.83. The predicted octanol–water partition coefficient (Wildman–Crippen LogP) is -1.77. The topological polar surface area (TPSA) is 118 Å². The molecular formula is C5H9NO5S. The lowest BCUT2D eigenvalue weighted by Gasteiger charge is -2.03. The van der Waals surface area contributed by atoms with Gasteiger partial charge in [-0.2, -0.15) is 0 Å². The molecule has 2 atom stereocenters. The summed E-state index contributed by atoms with van der Waals surface area (Å²) in [6.45, 7) is 0. The average molecular weight is 196 g/mol.